The summed E-state index contributed by atoms with van der Waals surface area (Å²) in [5.74, 6) is 6.16. The molecule has 2 aliphatic carbocycles. The van der Waals surface area contributed by atoms with E-state index in [9.17, 15) is 9.59 Å². The first-order valence-corrected chi connectivity index (χ1v) is 13.2. The maximum absolute atomic E-state index is 13.2. The van der Waals surface area contributed by atoms with Crippen LogP contribution in [-0.2, 0) is 9.53 Å². The standard InChI is InChI=1S/C30H31ClN4O3/c1-19-12-21(11-10-20-8-6-5-7-9-20)17-32-26(19)34-27(36)25-24(31)18-33-35(25)23-15-30(16-23)13-22(14-30)28(37)38-29(2,3)4/h5-9,12,17-18,22-23H,13-16H2,1-4H3,(H,32,34,36). The minimum absolute atomic E-state index is 0.0476. The predicted octanol–water partition coefficient (Wildman–Crippen LogP) is 5.97. The maximum Gasteiger partial charge on any atom is 0.309 e. The van der Waals surface area contributed by atoms with Crippen LogP contribution in [0, 0.1) is 30.1 Å². The molecule has 2 saturated carbocycles. The van der Waals surface area contributed by atoms with E-state index in [0.717, 1.165) is 42.4 Å². The molecule has 0 atom stereocenters. The molecule has 1 N–H and O–H groups in total. The molecule has 0 unspecified atom stereocenters. The van der Waals surface area contributed by atoms with Crippen LogP contribution in [0.3, 0.4) is 0 Å². The van der Waals surface area contributed by atoms with Gasteiger partial charge in [-0.05, 0) is 82.6 Å². The topological polar surface area (TPSA) is 86.1 Å². The van der Waals surface area contributed by atoms with Gasteiger partial charge in [0, 0.05) is 17.3 Å². The van der Waals surface area contributed by atoms with E-state index in [2.05, 4.69) is 27.2 Å². The smallest absolute Gasteiger partial charge is 0.309 e. The molecule has 3 aromatic rings. The van der Waals surface area contributed by atoms with Gasteiger partial charge in [0.2, 0.25) is 0 Å². The van der Waals surface area contributed by atoms with Crippen LogP contribution in [0.5, 0.6) is 0 Å². The van der Waals surface area contributed by atoms with Gasteiger partial charge in [0.05, 0.1) is 23.2 Å². The van der Waals surface area contributed by atoms with Crippen LogP contribution in [-0.4, -0.2) is 32.2 Å². The number of esters is 1. The number of halogens is 1. The number of benzene rings is 1. The average molecular weight is 531 g/mol. The van der Waals surface area contributed by atoms with Crippen molar-refractivity contribution in [3.8, 4) is 11.8 Å². The van der Waals surface area contributed by atoms with Crippen LogP contribution in [0.1, 0.15) is 79.7 Å². The van der Waals surface area contributed by atoms with Gasteiger partial charge >= 0.3 is 5.97 Å². The number of pyridine rings is 1. The molecular weight excluding hydrogens is 500 g/mol. The lowest BCUT2D eigenvalue weighted by Gasteiger charge is -2.57. The van der Waals surface area contributed by atoms with E-state index in [1.54, 1.807) is 10.9 Å². The second-order valence-corrected chi connectivity index (χ2v) is 11.9. The second-order valence-electron chi connectivity index (χ2n) is 11.4. The first-order chi connectivity index (χ1) is 18.0. The molecule has 0 radical (unpaired) electrons. The Morgan fingerprint density at radius 2 is 1.76 bits per heavy atom. The van der Waals surface area contributed by atoms with E-state index in [1.165, 1.54) is 6.20 Å². The fourth-order valence-electron chi connectivity index (χ4n) is 5.42. The van der Waals surface area contributed by atoms with Crippen molar-refractivity contribution in [2.45, 2.75) is 65.0 Å². The van der Waals surface area contributed by atoms with E-state index < -0.39 is 5.60 Å². The third-order valence-corrected chi connectivity index (χ3v) is 7.46. The third kappa shape index (κ3) is 5.46. The number of rotatable bonds is 4. The number of nitrogens with zero attached hydrogens (tertiary/aromatic N) is 3. The fraction of sp³-hybridized carbons (Fsp3) is 0.400. The Balaban J connectivity index is 1.22. The number of amides is 1. The molecule has 2 aromatic heterocycles. The summed E-state index contributed by atoms with van der Waals surface area (Å²) in [6, 6.07) is 11.7. The van der Waals surface area contributed by atoms with Crippen LogP contribution < -0.4 is 5.32 Å². The number of aromatic nitrogens is 3. The number of carbonyl (C=O) groups excluding carboxylic acids is 2. The molecule has 2 fully saturated rings. The van der Waals surface area contributed by atoms with Crippen molar-refractivity contribution in [1.29, 1.82) is 0 Å². The van der Waals surface area contributed by atoms with E-state index in [0.29, 0.717) is 16.5 Å². The SMILES string of the molecule is Cc1cc(C#Cc2ccccc2)cnc1NC(=O)c1c(Cl)cnn1C1CC2(CC(C(=O)OC(C)(C)C)C2)C1. The number of hydrogen-bond acceptors (Lipinski definition) is 5. The molecule has 7 nitrogen and oxygen atoms in total. The zero-order valence-corrected chi connectivity index (χ0v) is 22.8. The summed E-state index contributed by atoms with van der Waals surface area (Å²) in [5.41, 5.74) is 2.45. The molecule has 0 bridgehead atoms. The van der Waals surface area contributed by atoms with Crippen molar-refractivity contribution in [2.75, 3.05) is 5.32 Å². The Morgan fingerprint density at radius 1 is 1.08 bits per heavy atom. The first kappa shape index (κ1) is 26.0. The van der Waals surface area contributed by atoms with E-state index in [1.807, 2.05) is 64.1 Å². The zero-order valence-electron chi connectivity index (χ0n) is 22.0. The minimum atomic E-state index is -0.473. The van der Waals surface area contributed by atoms with Crippen LogP contribution in [0.2, 0.25) is 5.02 Å². The number of ether oxygens (including phenoxy) is 1. The van der Waals surface area contributed by atoms with Crippen LogP contribution in [0.15, 0.2) is 48.8 Å². The number of nitrogens with one attached hydrogen (secondary N) is 1. The van der Waals surface area contributed by atoms with Crippen molar-refractivity contribution < 1.29 is 14.3 Å². The van der Waals surface area contributed by atoms with Crippen LogP contribution >= 0.6 is 11.6 Å². The molecule has 2 aliphatic rings. The van der Waals surface area contributed by atoms with Crippen LogP contribution in [0.25, 0.3) is 0 Å². The quantitative estimate of drug-likeness (QED) is 0.332. The van der Waals surface area contributed by atoms with Gasteiger partial charge in [-0.3, -0.25) is 14.3 Å². The monoisotopic (exact) mass is 530 g/mol. The van der Waals surface area contributed by atoms with Gasteiger partial charge in [0.25, 0.3) is 5.91 Å². The van der Waals surface area contributed by atoms with Crippen molar-refractivity contribution in [3.05, 3.63) is 76.2 Å². The molecule has 5 rings (SSSR count). The molecule has 0 saturated heterocycles. The van der Waals surface area contributed by atoms with Gasteiger partial charge < -0.3 is 10.1 Å². The van der Waals surface area contributed by atoms with Gasteiger partial charge in [-0.15, -0.1) is 0 Å². The molecule has 1 amide bonds. The summed E-state index contributed by atoms with van der Waals surface area (Å²) in [7, 11) is 0. The van der Waals surface area contributed by atoms with Gasteiger partial charge in [-0.1, -0.05) is 41.6 Å². The summed E-state index contributed by atoms with van der Waals surface area (Å²) in [6.07, 6.45) is 6.50. The predicted molar refractivity (Wildman–Crippen MR) is 146 cm³/mol. The lowest BCUT2D eigenvalue weighted by atomic mass is 9.50. The van der Waals surface area contributed by atoms with Gasteiger partial charge in [-0.2, -0.15) is 5.10 Å². The van der Waals surface area contributed by atoms with E-state index in [-0.39, 0.29) is 29.3 Å². The molecule has 1 spiro atoms. The van der Waals surface area contributed by atoms with Crippen LogP contribution in [0.4, 0.5) is 5.82 Å². The molecule has 38 heavy (non-hydrogen) atoms. The Bertz CT molecular complexity index is 1430. The van der Waals surface area contributed by atoms with Gasteiger partial charge in [-0.25, -0.2) is 4.98 Å². The van der Waals surface area contributed by atoms with E-state index in [4.69, 9.17) is 16.3 Å². The largest absolute Gasteiger partial charge is 0.460 e. The van der Waals surface area contributed by atoms with Gasteiger partial charge in [0.1, 0.15) is 17.1 Å². The number of anilines is 1. The maximum atomic E-state index is 13.2. The zero-order chi connectivity index (χ0) is 27.1. The Hall–Kier alpha value is -3.63. The highest BCUT2D eigenvalue weighted by atomic mass is 35.5. The Morgan fingerprint density at radius 3 is 2.42 bits per heavy atom. The minimum Gasteiger partial charge on any atom is -0.460 e. The van der Waals surface area contributed by atoms with Crippen molar-refractivity contribution in [1.82, 2.24) is 14.8 Å². The van der Waals surface area contributed by atoms with Gasteiger partial charge in [0.15, 0.2) is 0 Å². The Kier molecular flexibility index (Phi) is 6.79. The van der Waals surface area contributed by atoms with E-state index >= 15 is 0 Å². The number of carbonyl (C=O) groups is 2. The fourth-order valence-corrected chi connectivity index (χ4v) is 5.64. The summed E-state index contributed by atoms with van der Waals surface area (Å²) in [6.45, 7) is 7.54. The summed E-state index contributed by atoms with van der Waals surface area (Å²) in [5, 5.41) is 7.59. The highest BCUT2D eigenvalue weighted by molar-refractivity contribution is 6.34. The third-order valence-electron chi connectivity index (χ3n) is 7.18. The normalized spacial score (nSPS) is 22.0. The first-order valence-electron chi connectivity index (χ1n) is 12.8. The Labute approximate surface area is 227 Å². The molecular formula is C30H31ClN4O3. The average Bonchev–Trinajstić information content (AvgIpc) is 3.18. The molecule has 1 aromatic carbocycles. The highest BCUT2D eigenvalue weighted by Gasteiger charge is 2.56. The highest BCUT2D eigenvalue weighted by Crippen LogP contribution is 2.63. The summed E-state index contributed by atoms with van der Waals surface area (Å²) in [4.78, 5) is 30.0. The number of aryl methyl sites for hydroxylation is 1. The van der Waals surface area contributed by atoms with Crippen molar-refractivity contribution in [2.24, 2.45) is 11.3 Å². The number of hydrogen-bond donors (Lipinski definition) is 1. The van der Waals surface area contributed by atoms with Crippen molar-refractivity contribution >= 4 is 29.3 Å². The second kappa shape index (κ2) is 9.92. The molecule has 8 heteroatoms. The lowest BCUT2D eigenvalue weighted by Crippen LogP contribution is -2.51. The summed E-state index contributed by atoms with van der Waals surface area (Å²) >= 11 is 6.40. The lowest BCUT2D eigenvalue weighted by molar-refractivity contribution is -0.175. The van der Waals surface area contributed by atoms with Crippen molar-refractivity contribution in [3.63, 3.8) is 0 Å². The molecule has 2 heterocycles. The molecule has 0 aliphatic heterocycles. The summed E-state index contributed by atoms with van der Waals surface area (Å²) < 4.78 is 7.26. The molecule has 196 valence electrons.